The van der Waals surface area contributed by atoms with Crippen molar-refractivity contribution in [3.05, 3.63) is 34.5 Å². The summed E-state index contributed by atoms with van der Waals surface area (Å²) in [6.45, 7) is 8.99. The standard InChI is InChI=1S/C15H22N2O/c1-10-5-6-11(2)15-14(10)13(12(3)17-15)9-16-7-8-18-4/h5-6,16-17H,7-9H2,1-4H3. The van der Waals surface area contributed by atoms with E-state index in [9.17, 15) is 0 Å². The van der Waals surface area contributed by atoms with Gasteiger partial charge in [-0.25, -0.2) is 0 Å². The van der Waals surface area contributed by atoms with Crippen molar-refractivity contribution in [2.24, 2.45) is 0 Å². The Balaban J connectivity index is 2.32. The Morgan fingerprint density at radius 2 is 1.89 bits per heavy atom. The average Bonchev–Trinajstić information content (AvgIpc) is 2.68. The van der Waals surface area contributed by atoms with Gasteiger partial charge in [0.25, 0.3) is 0 Å². The Kier molecular flexibility index (Phi) is 4.04. The van der Waals surface area contributed by atoms with Gasteiger partial charge in [0.2, 0.25) is 0 Å². The number of methoxy groups -OCH3 is 1. The van der Waals surface area contributed by atoms with E-state index < -0.39 is 0 Å². The van der Waals surface area contributed by atoms with Crippen LogP contribution in [0.1, 0.15) is 22.4 Å². The van der Waals surface area contributed by atoms with Crippen molar-refractivity contribution in [2.75, 3.05) is 20.3 Å². The summed E-state index contributed by atoms with van der Waals surface area (Å²) in [6.07, 6.45) is 0. The van der Waals surface area contributed by atoms with Crippen molar-refractivity contribution in [3.8, 4) is 0 Å². The maximum Gasteiger partial charge on any atom is 0.0587 e. The minimum absolute atomic E-state index is 0.749. The smallest absolute Gasteiger partial charge is 0.0587 e. The molecule has 0 atom stereocenters. The second-order valence-corrected chi connectivity index (χ2v) is 4.85. The molecule has 0 fully saturated rings. The molecule has 1 aromatic carbocycles. The van der Waals surface area contributed by atoms with Crippen LogP contribution in [-0.4, -0.2) is 25.2 Å². The first-order valence-corrected chi connectivity index (χ1v) is 6.42. The number of H-pyrrole nitrogens is 1. The molecule has 0 spiro atoms. The molecule has 2 N–H and O–H groups in total. The number of hydrogen-bond donors (Lipinski definition) is 2. The second-order valence-electron chi connectivity index (χ2n) is 4.85. The number of aromatic nitrogens is 1. The Bertz CT molecular complexity index is 543. The van der Waals surface area contributed by atoms with Gasteiger partial charge in [-0.3, -0.25) is 0 Å². The Labute approximate surface area is 109 Å². The first-order valence-electron chi connectivity index (χ1n) is 6.42. The molecule has 0 saturated carbocycles. The second kappa shape index (κ2) is 5.55. The summed E-state index contributed by atoms with van der Waals surface area (Å²) < 4.78 is 5.05. The summed E-state index contributed by atoms with van der Waals surface area (Å²) in [4.78, 5) is 3.51. The molecule has 0 radical (unpaired) electrons. The molecule has 0 saturated heterocycles. The van der Waals surface area contributed by atoms with Crippen LogP contribution in [0, 0.1) is 20.8 Å². The maximum absolute atomic E-state index is 5.05. The molecular weight excluding hydrogens is 224 g/mol. The largest absolute Gasteiger partial charge is 0.383 e. The summed E-state index contributed by atoms with van der Waals surface area (Å²) in [6, 6.07) is 4.37. The monoisotopic (exact) mass is 246 g/mol. The summed E-state index contributed by atoms with van der Waals surface area (Å²) in [5.41, 5.74) is 6.55. The van der Waals surface area contributed by atoms with Gasteiger partial charge in [-0.2, -0.15) is 0 Å². The van der Waals surface area contributed by atoms with Gasteiger partial charge in [0.1, 0.15) is 0 Å². The molecule has 3 nitrogen and oxygen atoms in total. The van der Waals surface area contributed by atoms with Gasteiger partial charge >= 0.3 is 0 Å². The number of rotatable bonds is 5. The number of fused-ring (bicyclic) bond motifs is 1. The van der Waals surface area contributed by atoms with Crippen LogP contribution in [0.5, 0.6) is 0 Å². The Morgan fingerprint density at radius 3 is 2.61 bits per heavy atom. The molecule has 0 amide bonds. The Hall–Kier alpha value is -1.32. The molecule has 0 aliphatic rings. The molecule has 0 aliphatic heterocycles. The summed E-state index contributed by atoms with van der Waals surface area (Å²) in [5, 5.41) is 4.80. The van der Waals surface area contributed by atoms with Crippen LogP contribution in [-0.2, 0) is 11.3 Å². The zero-order valence-electron chi connectivity index (χ0n) is 11.7. The molecule has 0 bridgehead atoms. The van der Waals surface area contributed by atoms with Gasteiger partial charge in [-0.15, -0.1) is 0 Å². The number of ether oxygens (including phenoxy) is 1. The maximum atomic E-state index is 5.05. The lowest BCUT2D eigenvalue weighted by Crippen LogP contribution is -2.18. The zero-order chi connectivity index (χ0) is 13.1. The number of hydrogen-bond acceptors (Lipinski definition) is 2. The molecular formula is C15H22N2O. The zero-order valence-corrected chi connectivity index (χ0v) is 11.7. The first-order chi connectivity index (χ1) is 8.65. The van der Waals surface area contributed by atoms with Gasteiger partial charge in [-0.1, -0.05) is 12.1 Å². The van der Waals surface area contributed by atoms with Crippen LogP contribution in [0.25, 0.3) is 10.9 Å². The van der Waals surface area contributed by atoms with Gasteiger partial charge in [0, 0.05) is 36.8 Å². The van der Waals surface area contributed by atoms with Crippen LogP contribution in [0.15, 0.2) is 12.1 Å². The van der Waals surface area contributed by atoms with E-state index in [0.717, 1.165) is 19.7 Å². The lowest BCUT2D eigenvalue weighted by Gasteiger charge is -2.06. The van der Waals surface area contributed by atoms with Crippen molar-refractivity contribution in [2.45, 2.75) is 27.3 Å². The van der Waals surface area contributed by atoms with E-state index in [0.29, 0.717) is 0 Å². The minimum Gasteiger partial charge on any atom is -0.383 e. The van der Waals surface area contributed by atoms with Crippen molar-refractivity contribution >= 4 is 10.9 Å². The number of nitrogens with one attached hydrogen (secondary N) is 2. The number of benzene rings is 1. The fourth-order valence-electron chi connectivity index (χ4n) is 2.42. The van der Waals surface area contributed by atoms with Gasteiger partial charge in [0.15, 0.2) is 0 Å². The Morgan fingerprint density at radius 1 is 1.17 bits per heavy atom. The predicted octanol–water partition coefficient (Wildman–Crippen LogP) is 2.83. The summed E-state index contributed by atoms with van der Waals surface area (Å²) in [5.74, 6) is 0. The predicted molar refractivity (Wildman–Crippen MR) is 76.1 cm³/mol. The van der Waals surface area contributed by atoms with Crippen LogP contribution in [0.2, 0.25) is 0 Å². The van der Waals surface area contributed by atoms with E-state index in [1.165, 1.54) is 33.3 Å². The third-order valence-electron chi connectivity index (χ3n) is 3.47. The molecule has 2 rings (SSSR count). The lowest BCUT2D eigenvalue weighted by atomic mass is 10.0. The fraction of sp³-hybridized carbons (Fsp3) is 0.467. The molecule has 18 heavy (non-hydrogen) atoms. The van der Waals surface area contributed by atoms with E-state index in [-0.39, 0.29) is 0 Å². The summed E-state index contributed by atoms with van der Waals surface area (Å²) >= 11 is 0. The van der Waals surface area contributed by atoms with Crippen molar-refractivity contribution < 1.29 is 4.74 Å². The normalized spacial score (nSPS) is 11.3. The molecule has 1 aromatic heterocycles. The van der Waals surface area contributed by atoms with E-state index in [2.05, 4.69) is 43.2 Å². The first kappa shape index (κ1) is 13.1. The topological polar surface area (TPSA) is 37.0 Å². The molecule has 2 aromatic rings. The molecule has 1 heterocycles. The van der Waals surface area contributed by atoms with Gasteiger partial charge in [-0.05, 0) is 37.5 Å². The third kappa shape index (κ3) is 2.42. The van der Waals surface area contributed by atoms with Gasteiger partial charge in [0.05, 0.1) is 6.61 Å². The van der Waals surface area contributed by atoms with Crippen molar-refractivity contribution in [1.29, 1.82) is 0 Å². The van der Waals surface area contributed by atoms with E-state index in [4.69, 9.17) is 4.74 Å². The highest BCUT2D eigenvalue weighted by Crippen LogP contribution is 2.27. The third-order valence-corrected chi connectivity index (χ3v) is 3.47. The quantitative estimate of drug-likeness (QED) is 0.796. The van der Waals surface area contributed by atoms with Gasteiger partial charge < -0.3 is 15.0 Å². The summed E-state index contributed by atoms with van der Waals surface area (Å²) in [7, 11) is 1.73. The molecule has 3 heteroatoms. The number of aromatic amines is 1. The van der Waals surface area contributed by atoms with Crippen LogP contribution in [0.3, 0.4) is 0 Å². The average molecular weight is 246 g/mol. The van der Waals surface area contributed by atoms with Crippen LogP contribution in [0.4, 0.5) is 0 Å². The van der Waals surface area contributed by atoms with Crippen LogP contribution >= 0.6 is 0 Å². The highest BCUT2D eigenvalue weighted by Gasteiger charge is 2.11. The minimum atomic E-state index is 0.749. The molecule has 98 valence electrons. The van der Waals surface area contributed by atoms with Crippen LogP contribution < -0.4 is 5.32 Å². The number of aryl methyl sites for hydroxylation is 3. The van der Waals surface area contributed by atoms with E-state index in [1.54, 1.807) is 7.11 Å². The molecule has 0 aliphatic carbocycles. The molecule has 0 unspecified atom stereocenters. The highest BCUT2D eigenvalue weighted by molar-refractivity contribution is 5.90. The SMILES string of the molecule is COCCNCc1c(C)[nH]c2c(C)ccc(C)c12. The fourth-order valence-corrected chi connectivity index (χ4v) is 2.42. The van der Waals surface area contributed by atoms with Crippen molar-refractivity contribution in [1.82, 2.24) is 10.3 Å². The van der Waals surface area contributed by atoms with E-state index >= 15 is 0 Å². The van der Waals surface area contributed by atoms with Crippen molar-refractivity contribution in [3.63, 3.8) is 0 Å². The lowest BCUT2D eigenvalue weighted by molar-refractivity contribution is 0.199. The van der Waals surface area contributed by atoms with E-state index in [1.807, 2.05) is 0 Å². The highest BCUT2D eigenvalue weighted by atomic mass is 16.5.